The lowest BCUT2D eigenvalue weighted by atomic mass is 10.0. The van der Waals surface area contributed by atoms with Gasteiger partial charge in [0.05, 0.1) is 18.4 Å². The molecule has 3 atom stereocenters. The third-order valence-electron chi connectivity index (χ3n) is 3.50. The van der Waals surface area contributed by atoms with Crippen molar-refractivity contribution in [2.75, 3.05) is 13.4 Å². The van der Waals surface area contributed by atoms with Crippen LogP contribution in [0.1, 0.15) is 38.8 Å². The predicted octanol–water partition coefficient (Wildman–Crippen LogP) is 2.66. The van der Waals surface area contributed by atoms with Crippen molar-refractivity contribution in [1.82, 2.24) is 10.6 Å². The van der Waals surface area contributed by atoms with Crippen LogP contribution in [0.25, 0.3) is 0 Å². The Hall–Kier alpha value is -1.20. The van der Waals surface area contributed by atoms with Crippen molar-refractivity contribution in [3.8, 4) is 0 Å². The molecule has 1 aromatic rings. The van der Waals surface area contributed by atoms with E-state index in [-0.39, 0.29) is 24.2 Å². The standard InChI is InChI=1S/C16H27N2O4P/c1-12(2)10-15(17-11-23(20,21)22-4)16(19)18-13(3)14-8-6-5-7-9-14/h5-9,12-13,15,17H,10-11H2,1-4H3,(H,18,19)(H,20,21)/t13-,15+/m1/s1. The maximum atomic E-state index is 12.5. The number of carbonyl (C=O) groups is 1. The molecule has 1 unspecified atom stereocenters. The summed E-state index contributed by atoms with van der Waals surface area (Å²) in [6, 6.07) is 8.97. The molecule has 7 heteroatoms. The minimum Gasteiger partial charge on any atom is -0.348 e. The quantitative estimate of drug-likeness (QED) is 0.601. The normalized spacial score (nSPS) is 16.6. The lowest BCUT2D eigenvalue weighted by molar-refractivity contribution is -0.124. The smallest absolute Gasteiger partial charge is 0.341 e. The topological polar surface area (TPSA) is 87.7 Å². The second-order valence-corrected chi connectivity index (χ2v) is 7.96. The Kier molecular flexibility index (Phi) is 7.92. The Bertz CT molecular complexity index is 536. The van der Waals surface area contributed by atoms with Gasteiger partial charge in [0.25, 0.3) is 0 Å². The van der Waals surface area contributed by atoms with Gasteiger partial charge in [0.2, 0.25) is 5.91 Å². The molecule has 1 rings (SSSR count). The molecule has 0 aliphatic carbocycles. The van der Waals surface area contributed by atoms with Gasteiger partial charge in [-0.15, -0.1) is 0 Å². The van der Waals surface area contributed by atoms with E-state index in [4.69, 9.17) is 0 Å². The van der Waals surface area contributed by atoms with Gasteiger partial charge >= 0.3 is 7.60 Å². The molecule has 0 saturated carbocycles. The zero-order chi connectivity index (χ0) is 17.5. The van der Waals surface area contributed by atoms with Crippen LogP contribution in [0.2, 0.25) is 0 Å². The van der Waals surface area contributed by atoms with Gasteiger partial charge in [-0.3, -0.25) is 14.7 Å². The fourth-order valence-corrected chi connectivity index (χ4v) is 2.76. The summed E-state index contributed by atoms with van der Waals surface area (Å²) in [5.74, 6) is 0.0806. The molecule has 0 radical (unpaired) electrons. The number of nitrogens with one attached hydrogen (secondary N) is 2. The summed E-state index contributed by atoms with van der Waals surface area (Å²) in [7, 11) is -2.52. The summed E-state index contributed by atoms with van der Waals surface area (Å²) in [4.78, 5) is 22.0. The third kappa shape index (κ3) is 7.27. The van der Waals surface area contributed by atoms with Crippen molar-refractivity contribution in [2.45, 2.75) is 39.3 Å². The summed E-state index contributed by atoms with van der Waals surface area (Å²) < 4.78 is 16.1. The molecule has 0 aliphatic heterocycles. The highest BCUT2D eigenvalue weighted by Crippen LogP contribution is 2.39. The van der Waals surface area contributed by atoms with Crippen molar-refractivity contribution in [3.63, 3.8) is 0 Å². The van der Waals surface area contributed by atoms with E-state index in [2.05, 4.69) is 15.2 Å². The zero-order valence-corrected chi connectivity index (χ0v) is 15.0. The van der Waals surface area contributed by atoms with Gasteiger partial charge < -0.3 is 14.7 Å². The van der Waals surface area contributed by atoms with Gasteiger partial charge in [0, 0.05) is 7.11 Å². The first kappa shape index (κ1) is 19.8. The maximum absolute atomic E-state index is 12.5. The molecule has 3 N–H and O–H groups in total. The highest BCUT2D eigenvalue weighted by molar-refractivity contribution is 7.52. The second-order valence-electron chi connectivity index (χ2n) is 6.01. The molecular formula is C16H27N2O4P. The summed E-state index contributed by atoms with van der Waals surface area (Å²) in [6.45, 7) is 5.90. The van der Waals surface area contributed by atoms with Crippen LogP contribution in [0.4, 0.5) is 0 Å². The molecule has 0 spiro atoms. The monoisotopic (exact) mass is 342 g/mol. The summed E-state index contributed by atoms with van der Waals surface area (Å²) in [6.07, 6.45) is 0.311. The molecule has 0 fully saturated rings. The van der Waals surface area contributed by atoms with Crippen LogP contribution in [0.3, 0.4) is 0 Å². The minimum atomic E-state index is -3.69. The third-order valence-corrected chi connectivity index (χ3v) is 4.66. The molecule has 0 bridgehead atoms. The van der Waals surface area contributed by atoms with Gasteiger partial charge in [0.1, 0.15) is 0 Å². The molecular weight excluding hydrogens is 315 g/mol. The predicted molar refractivity (Wildman–Crippen MR) is 91.1 cm³/mol. The summed E-state index contributed by atoms with van der Waals surface area (Å²) >= 11 is 0. The molecule has 0 heterocycles. The van der Waals surface area contributed by atoms with Crippen molar-refractivity contribution < 1.29 is 18.8 Å². The first-order valence-corrected chi connectivity index (χ1v) is 9.47. The van der Waals surface area contributed by atoms with E-state index >= 15 is 0 Å². The Morgan fingerprint density at radius 1 is 1.26 bits per heavy atom. The Labute approximate surface area is 138 Å². The molecule has 1 aromatic carbocycles. The van der Waals surface area contributed by atoms with E-state index < -0.39 is 13.6 Å². The van der Waals surface area contributed by atoms with E-state index in [1.165, 1.54) is 7.11 Å². The van der Waals surface area contributed by atoms with Crippen molar-refractivity contribution >= 4 is 13.5 Å². The Balaban J connectivity index is 2.69. The van der Waals surface area contributed by atoms with Crippen LogP contribution in [-0.2, 0) is 13.9 Å². The van der Waals surface area contributed by atoms with E-state index in [1.54, 1.807) is 0 Å². The lowest BCUT2D eigenvalue weighted by Crippen LogP contribution is -2.46. The number of hydrogen-bond donors (Lipinski definition) is 3. The molecule has 0 aliphatic rings. The van der Waals surface area contributed by atoms with Gasteiger partial charge in [-0.2, -0.15) is 0 Å². The van der Waals surface area contributed by atoms with E-state index in [0.717, 1.165) is 5.56 Å². The largest absolute Gasteiger partial charge is 0.348 e. The number of hydrogen-bond acceptors (Lipinski definition) is 4. The summed E-state index contributed by atoms with van der Waals surface area (Å²) in [5, 5.41) is 5.79. The van der Waals surface area contributed by atoms with Crippen LogP contribution in [0.5, 0.6) is 0 Å². The van der Waals surface area contributed by atoms with Crippen molar-refractivity contribution in [1.29, 1.82) is 0 Å². The van der Waals surface area contributed by atoms with Crippen LogP contribution >= 0.6 is 7.60 Å². The molecule has 6 nitrogen and oxygen atoms in total. The fourth-order valence-electron chi connectivity index (χ4n) is 2.18. The Morgan fingerprint density at radius 2 is 1.87 bits per heavy atom. The van der Waals surface area contributed by atoms with E-state index in [1.807, 2.05) is 51.1 Å². The number of amides is 1. The SMILES string of the molecule is COP(=O)(O)CN[C@@H](CC(C)C)C(=O)N[C@H](C)c1ccccc1. The molecule has 130 valence electrons. The number of benzene rings is 1. The molecule has 0 aromatic heterocycles. The van der Waals surface area contributed by atoms with Crippen LogP contribution in [0.15, 0.2) is 30.3 Å². The van der Waals surface area contributed by atoms with Gasteiger partial charge in [0.15, 0.2) is 0 Å². The highest BCUT2D eigenvalue weighted by atomic mass is 31.2. The Morgan fingerprint density at radius 3 is 2.39 bits per heavy atom. The number of rotatable bonds is 9. The highest BCUT2D eigenvalue weighted by Gasteiger charge is 2.25. The van der Waals surface area contributed by atoms with Crippen LogP contribution in [0, 0.1) is 5.92 Å². The zero-order valence-electron chi connectivity index (χ0n) is 14.2. The van der Waals surface area contributed by atoms with Gasteiger partial charge in [-0.05, 0) is 24.8 Å². The number of carbonyl (C=O) groups excluding carboxylic acids is 1. The van der Waals surface area contributed by atoms with E-state index in [0.29, 0.717) is 6.42 Å². The lowest BCUT2D eigenvalue weighted by Gasteiger charge is -2.23. The minimum absolute atomic E-state index is 0.136. The average Bonchev–Trinajstić information content (AvgIpc) is 2.51. The first-order valence-electron chi connectivity index (χ1n) is 7.71. The summed E-state index contributed by atoms with van der Waals surface area (Å²) in [5.41, 5.74) is 1.01. The fraction of sp³-hybridized carbons (Fsp3) is 0.562. The second kappa shape index (κ2) is 9.18. The van der Waals surface area contributed by atoms with Crippen LogP contribution < -0.4 is 10.6 Å². The maximum Gasteiger partial charge on any atom is 0.341 e. The van der Waals surface area contributed by atoms with Crippen molar-refractivity contribution in [3.05, 3.63) is 35.9 Å². The van der Waals surface area contributed by atoms with Gasteiger partial charge in [-0.1, -0.05) is 44.2 Å². The first-order chi connectivity index (χ1) is 10.7. The molecule has 0 saturated heterocycles. The van der Waals surface area contributed by atoms with Gasteiger partial charge in [-0.25, -0.2) is 0 Å². The van der Waals surface area contributed by atoms with Crippen molar-refractivity contribution in [2.24, 2.45) is 5.92 Å². The average molecular weight is 342 g/mol. The molecule has 1 amide bonds. The van der Waals surface area contributed by atoms with E-state index in [9.17, 15) is 14.3 Å². The molecule has 23 heavy (non-hydrogen) atoms. The van der Waals surface area contributed by atoms with Crippen LogP contribution in [-0.4, -0.2) is 30.2 Å².